The van der Waals surface area contributed by atoms with Gasteiger partial charge in [-0.2, -0.15) is 4.99 Å². The average Bonchev–Trinajstić information content (AvgIpc) is 3.52. The fraction of sp³-hybridized carbons (Fsp3) is 0.192. The predicted molar refractivity (Wildman–Crippen MR) is 144 cm³/mol. The van der Waals surface area contributed by atoms with Crippen LogP contribution in [0.25, 0.3) is 0 Å². The monoisotopic (exact) mass is 536 g/mol. The molecular formula is C26H21ClN4O3S2. The van der Waals surface area contributed by atoms with Crippen LogP contribution in [0.15, 0.2) is 76.0 Å². The Morgan fingerprint density at radius 2 is 1.86 bits per heavy atom. The molecule has 1 unspecified atom stereocenters. The molecule has 7 nitrogen and oxygen atoms in total. The molecule has 5 rings (SSSR count). The molecule has 10 heteroatoms. The van der Waals surface area contributed by atoms with Crippen molar-refractivity contribution in [3.63, 3.8) is 0 Å². The summed E-state index contributed by atoms with van der Waals surface area (Å²) in [5.74, 6) is 0.119. The summed E-state index contributed by atoms with van der Waals surface area (Å²) in [4.78, 5) is 50.1. The van der Waals surface area contributed by atoms with Gasteiger partial charge in [-0.1, -0.05) is 41.6 Å². The first kappa shape index (κ1) is 24.4. The zero-order chi connectivity index (χ0) is 25.1. The first-order valence-corrected chi connectivity index (χ1v) is 13.5. The van der Waals surface area contributed by atoms with Gasteiger partial charge in [0.1, 0.15) is 11.9 Å². The second-order valence-electron chi connectivity index (χ2n) is 8.18. The highest BCUT2D eigenvalue weighted by Crippen LogP contribution is 2.35. The number of Topliss-reactive ketones (excluding diaryl/α,β-unsaturated/α-hetero) is 1. The van der Waals surface area contributed by atoms with Crippen LogP contribution in [-0.2, 0) is 16.1 Å². The number of thioether (sulfide) groups is 1. The van der Waals surface area contributed by atoms with E-state index in [1.165, 1.54) is 11.8 Å². The third-order valence-electron chi connectivity index (χ3n) is 5.79. The van der Waals surface area contributed by atoms with Crippen molar-refractivity contribution in [2.45, 2.75) is 25.4 Å². The van der Waals surface area contributed by atoms with E-state index in [-0.39, 0.29) is 36.2 Å². The van der Waals surface area contributed by atoms with E-state index in [1.807, 2.05) is 41.8 Å². The number of nitrogens with one attached hydrogen (secondary N) is 1. The van der Waals surface area contributed by atoms with E-state index < -0.39 is 6.04 Å². The zero-order valence-electron chi connectivity index (χ0n) is 19.0. The summed E-state index contributed by atoms with van der Waals surface area (Å²) in [6.45, 7) is 0.462. The molecule has 3 heterocycles. The molecule has 0 bridgehead atoms. The van der Waals surface area contributed by atoms with Crippen molar-refractivity contribution >= 4 is 69.0 Å². The molecule has 2 aliphatic rings. The molecule has 0 radical (unpaired) electrons. The Morgan fingerprint density at radius 3 is 2.64 bits per heavy atom. The van der Waals surface area contributed by atoms with Gasteiger partial charge < -0.3 is 5.32 Å². The highest BCUT2D eigenvalue weighted by atomic mass is 35.5. The number of halogens is 1. The maximum Gasteiger partial charge on any atom is 0.270 e. The van der Waals surface area contributed by atoms with Gasteiger partial charge >= 0.3 is 0 Å². The van der Waals surface area contributed by atoms with Crippen LogP contribution in [0.5, 0.6) is 0 Å². The van der Waals surface area contributed by atoms with E-state index in [2.05, 4.69) is 10.3 Å². The molecular weight excluding hydrogens is 516 g/mol. The number of hydrogen-bond donors (Lipinski definition) is 1. The first-order chi connectivity index (χ1) is 17.5. The van der Waals surface area contributed by atoms with Crippen LogP contribution < -0.4 is 5.32 Å². The number of carbonyl (C=O) groups is 3. The predicted octanol–water partition coefficient (Wildman–Crippen LogP) is 5.07. The van der Waals surface area contributed by atoms with Crippen LogP contribution in [0.1, 0.15) is 33.6 Å². The van der Waals surface area contributed by atoms with Crippen LogP contribution in [0.2, 0.25) is 5.02 Å². The van der Waals surface area contributed by atoms with Gasteiger partial charge in [0, 0.05) is 27.4 Å². The number of aliphatic imine (C=N–C) groups is 2. The van der Waals surface area contributed by atoms with Crippen molar-refractivity contribution < 1.29 is 14.4 Å². The number of amides is 2. The van der Waals surface area contributed by atoms with Crippen LogP contribution in [0, 0.1) is 0 Å². The number of carbonyl (C=O) groups excluding carboxylic acids is 3. The van der Waals surface area contributed by atoms with Crippen LogP contribution in [-0.4, -0.2) is 45.3 Å². The molecule has 3 aromatic rings. The number of fused-ring (bicyclic) bond motifs is 3. The van der Waals surface area contributed by atoms with Crippen molar-refractivity contribution in [1.29, 1.82) is 0 Å². The molecule has 1 atom stereocenters. The fourth-order valence-electron chi connectivity index (χ4n) is 3.98. The average molecular weight is 537 g/mol. The maximum atomic E-state index is 12.9. The second kappa shape index (κ2) is 10.8. The third kappa shape index (κ3) is 5.28. The smallest absolute Gasteiger partial charge is 0.270 e. The zero-order valence-corrected chi connectivity index (χ0v) is 21.4. The lowest BCUT2D eigenvalue weighted by molar-refractivity contribution is -0.122. The quantitative estimate of drug-likeness (QED) is 0.406. The lowest BCUT2D eigenvalue weighted by atomic mass is 10.1. The van der Waals surface area contributed by atoms with Crippen LogP contribution in [0.4, 0.5) is 5.69 Å². The molecule has 2 amide bonds. The minimum absolute atomic E-state index is 0.0771. The summed E-state index contributed by atoms with van der Waals surface area (Å²) in [5, 5.41) is 5.94. The Hall–Kier alpha value is -3.27. The van der Waals surface area contributed by atoms with Crippen molar-refractivity contribution in [2.24, 2.45) is 9.98 Å². The molecule has 0 saturated heterocycles. The number of amidine groups is 2. The Labute approximate surface area is 221 Å². The number of nitrogens with zero attached hydrogens (tertiary/aromatic N) is 3. The van der Waals surface area contributed by atoms with Gasteiger partial charge in [-0.15, -0.1) is 11.3 Å². The first-order valence-electron chi connectivity index (χ1n) is 11.3. The van der Waals surface area contributed by atoms with Gasteiger partial charge in [-0.3, -0.25) is 19.3 Å². The van der Waals surface area contributed by atoms with Gasteiger partial charge in [0.05, 0.1) is 18.0 Å². The molecule has 182 valence electrons. The fourth-order valence-corrected chi connectivity index (χ4v) is 5.69. The number of benzene rings is 2. The Balaban J connectivity index is 1.31. The molecule has 0 spiro atoms. The minimum atomic E-state index is -0.655. The lowest BCUT2D eigenvalue weighted by Crippen LogP contribution is -2.44. The van der Waals surface area contributed by atoms with E-state index in [0.717, 1.165) is 10.4 Å². The van der Waals surface area contributed by atoms with Crippen molar-refractivity contribution in [3.05, 3.63) is 87.1 Å². The third-order valence-corrected chi connectivity index (χ3v) is 7.87. The van der Waals surface area contributed by atoms with Crippen molar-refractivity contribution in [1.82, 2.24) is 10.2 Å². The highest BCUT2D eigenvalue weighted by molar-refractivity contribution is 8.14. The summed E-state index contributed by atoms with van der Waals surface area (Å²) in [6, 6.07) is 17.4. The Kier molecular flexibility index (Phi) is 7.31. The minimum Gasteiger partial charge on any atom is -0.351 e. The molecule has 0 fully saturated rings. The van der Waals surface area contributed by atoms with E-state index in [4.69, 9.17) is 16.6 Å². The number of ketones is 1. The van der Waals surface area contributed by atoms with E-state index in [0.29, 0.717) is 33.8 Å². The van der Waals surface area contributed by atoms with E-state index in [1.54, 1.807) is 40.5 Å². The molecule has 36 heavy (non-hydrogen) atoms. The standard InChI is InChI=1S/C26H21ClN4O3S2/c27-17-9-7-16(8-10-17)22(32)15-36-26-29-20-6-2-1-5-19(20)24-30-25(34)21(31(24)26)11-12-23(33)28-14-18-4-3-13-35-18/h1-10,13,21H,11-12,14-15H2,(H,28,33). The van der Waals surface area contributed by atoms with Gasteiger partial charge in [-0.05, 0) is 54.3 Å². The molecule has 0 saturated carbocycles. The summed E-state index contributed by atoms with van der Waals surface area (Å²) in [7, 11) is 0. The summed E-state index contributed by atoms with van der Waals surface area (Å²) in [5.41, 5.74) is 1.99. The van der Waals surface area contributed by atoms with Crippen molar-refractivity contribution in [3.8, 4) is 0 Å². The topological polar surface area (TPSA) is 91.2 Å². The van der Waals surface area contributed by atoms with Gasteiger partial charge in [0.25, 0.3) is 5.91 Å². The van der Waals surface area contributed by atoms with Crippen molar-refractivity contribution in [2.75, 3.05) is 5.75 Å². The van der Waals surface area contributed by atoms with Crippen LogP contribution >= 0.6 is 34.7 Å². The lowest BCUT2D eigenvalue weighted by Gasteiger charge is -2.31. The molecule has 1 aromatic heterocycles. The SMILES string of the molecule is O=C(CCC1C(=O)N=C2c3ccccc3N=C(SCC(=O)c3ccc(Cl)cc3)N21)NCc1cccs1. The highest BCUT2D eigenvalue weighted by Gasteiger charge is 2.41. The summed E-state index contributed by atoms with van der Waals surface area (Å²) < 4.78 is 0. The molecule has 1 N–H and O–H groups in total. The number of rotatable bonds is 8. The van der Waals surface area contributed by atoms with Gasteiger partial charge in [0.2, 0.25) is 5.91 Å². The molecule has 2 aromatic carbocycles. The number of para-hydroxylation sites is 1. The van der Waals surface area contributed by atoms with E-state index in [9.17, 15) is 14.4 Å². The maximum absolute atomic E-state index is 12.9. The van der Waals surface area contributed by atoms with E-state index >= 15 is 0 Å². The molecule has 0 aliphatic carbocycles. The Bertz CT molecular complexity index is 1370. The van der Waals surface area contributed by atoms with Gasteiger partial charge in [-0.25, -0.2) is 4.99 Å². The summed E-state index contributed by atoms with van der Waals surface area (Å²) in [6.07, 6.45) is 0.458. The summed E-state index contributed by atoms with van der Waals surface area (Å²) >= 11 is 8.77. The van der Waals surface area contributed by atoms with Gasteiger partial charge in [0.15, 0.2) is 11.0 Å². The molecule has 2 aliphatic heterocycles. The van der Waals surface area contributed by atoms with Crippen LogP contribution in [0.3, 0.4) is 0 Å². The normalized spacial score (nSPS) is 16.2. The second-order valence-corrected chi connectivity index (χ2v) is 10.6. The Morgan fingerprint density at radius 1 is 1.06 bits per heavy atom. The largest absolute Gasteiger partial charge is 0.351 e. The number of thiophene rings is 1. The number of hydrogen-bond acceptors (Lipinski definition) is 7.